The summed E-state index contributed by atoms with van der Waals surface area (Å²) in [6, 6.07) is 15.0. The molecule has 3 aromatic rings. The third-order valence-electron chi connectivity index (χ3n) is 6.11. The quantitative estimate of drug-likeness (QED) is 0.588. The average Bonchev–Trinajstić information content (AvgIpc) is 3.52. The predicted molar refractivity (Wildman–Crippen MR) is 122 cm³/mol. The number of nitrogens with one attached hydrogen (secondary N) is 1. The standard InChI is InChI=1S/C24H25FN4OS/c1-16-14-17(9-10-19(16)25)29-23(22(27-24(29)31)20-7-2-3-11-26-20)21-8-4-12-28(21)15-18-6-5-13-30-18/h2-4,7-12,14,18,22-23H,5-6,13,15H2,1H3,(H,27,31)/t18-,22-,23-/m1/s1. The smallest absolute Gasteiger partial charge is 0.174 e. The maximum Gasteiger partial charge on any atom is 0.174 e. The molecule has 2 fully saturated rings. The van der Waals surface area contributed by atoms with Crippen molar-refractivity contribution in [1.82, 2.24) is 14.9 Å². The SMILES string of the molecule is Cc1cc(N2C(=S)N[C@H](c3ccccn3)[C@H]2c2cccn2C[C@H]2CCCO2)ccc1F. The van der Waals surface area contributed by atoms with Crippen molar-refractivity contribution in [3.05, 3.63) is 83.7 Å². The van der Waals surface area contributed by atoms with Gasteiger partial charge in [-0.25, -0.2) is 4.39 Å². The Morgan fingerprint density at radius 1 is 1.23 bits per heavy atom. The van der Waals surface area contributed by atoms with Crippen molar-refractivity contribution in [3.8, 4) is 0 Å². The first-order valence-corrected chi connectivity index (χ1v) is 11.1. The number of ether oxygens (including phenoxy) is 1. The van der Waals surface area contributed by atoms with Crippen LogP contribution in [0.2, 0.25) is 0 Å². The number of pyridine rings is 1. The van der Waals surface area contributed by atoms with Crippen molar-refractivity contribution in [2.75, 3.05) is 11.5 Å². The molecule has 31 heavy (non-hydrogen) atoms. The summed E-state index contributed by atoms with van der Waals surface area (Å²) in [5, 5.41) is 4.08. The van der Waals surface area contributed by atoms with E-state index >= 15 is 0 Å². The number of hydrogen-bond acceptors (Lipinski definition) is 3. The van der Waals surface area contributed by atoms with Gasteiger partial charge in [0.15, 0.2) is 5.11 Å². The lowest BCUT2D eigenvalue weighted by molar-refractivity contribution is 0.0961. The second-order valence-electron chi connectivity index (χ2n) is 8.15. The van der Waals surface area contributed by atoms with Gasteiger partial charge in [-0.05, 0) is 80.0 Å². The van der Waals surface area contributed by atoms with E-state index in [2.05, 4.69) is 38.1 Å². The van der Waals surface area contributed by atoms with Crippen molar-refractivity contribution in [1.29, 1.82) is 0 Å². The van der Waals surface area contributed by atoms with Crippen LogP contribution in [-0.2, 0) is 11.3 Å². The monoisotopic (exact) mass is 436 g/mol. The van der Waals surface area contributed by atoms with Gasteiger partial charge in [-0.2, -0.15) is 0 Å². The van der Waals surface area contributed by atoms with Gasteiger partial charge < -0.3 is 19.5 Å². The summed E-state index contributed by atoms with van der Waals surface area (Å²) in [5.74, 6) is -0.221. The minimum absolute atomic E-state index is 0.122. The molecule has 0 unspecified atom stereocenters. The zero-order valence-corrected chi connectivity index (χ0v) is 18.2. The number of thiocarbonyl (C=S) groups is 1. The van der Waals surface area contributed by atoms with E-state index in [1.54, 1.807) is 19.2 Å². The Labute approximate surface area is 186 Å². The van der Waals surface area contributed by atoms with Crippen molar-refractivity contribution < 1.29 is 9.13 Å². The van der Waals surface area contributed by atoms with Gasteiger partial charge in [0.25, 0.3) is 0 Å². The number of anilines is 1. The number of hydrogen-bond donors (Lipinski definition) is 1. The Hall–Kier alpha value is -2.77. The summed E-state index contributed by atoms with van der Waals surface area (Å²) in [6.45, 7) is 3.40. The molecule has 2 saturated heterocycles. The molecule has 2 aliphatic heterocycles. The zero-order valence-electron chi connectivity index (χ0n) is 17.4. The zero-order chi connectivity index (χ0) is 21.4. The molecular formula is C24H25FN4OS. The van der Waals surface area contributed by atoms with Gasteiger partial charge in [0.2, 0.25) is 0 Å². The molecule has 160 valence electrons. The lowest BCUT2D eigenvalue weighted by Crippen LogP contribution is -2.31. The first kappa shape index (κ1) is 20.2. The fraction of sp³-hybridized carbons (Fsp3) is 0.333. The molecule has 0 amide bonds. The summed E-state index contributed by atoms with van der Waals surface area (Å²) in [6.07, 6.45) is 6.30. The number of halogens is 1. The number of aryl methyl sites for hydroxylation is 1. The van der Waals surface area contributed by atoms with Gasteiger partial charge in [0, 0.05) is 36.9 Å². The minimum Gasteiger partial charge on any atom is -0.376 e. The lowest BCUT2D eigenvalue weighted by Gasteiger charge is -2.29. The molecule has 0 aliphatic carbocycles. The molecule has 2 aromatic heterocycles. The minimum atomic E-state index is -0.221. The Morgan fingerprint density at radius 3 is 2.87 bits per heavy atom. The second kappa shape index (κ2) is 8.40. The van der Waals surface area contributed by atoms with Crippen LogP contribution in [-0.4, -0.2) is 27.4 Å². The molecule has 0 radical (unpaired) electrons. The number of aromatic nitrogens is 2. The Kier molecular flexibility index (Phi) is 5.46. The molecule has 5 rings (SSSR count). The Balaban J connectivity index is 1.58. The average molecular weight is 437 g/mol. The van der Waals surface area contributed by atoms with Crippen LogP contribution in [0.4, 0.5) is 10.1 Å². The van der Waals surface area contributed by atoms with E-state index in [9.17, 15) is 4.39 Å². The Morgan fingerprint density at radius 2 is 2.13 bits per heavy atom. The summed E-state index contributed by atoms with van der Waals surface area (Å²) in [7, 11) is 0. The summed E-state index contributed by atoms with van der Waals surface area (Å²) < 4.78 is 22.1. The molecule has 0 spiro atoms. The van der Waals surface area contributed by atoms with Crippen LogP contribution in [0.25, 0.3) is 0 Å². The van der Waals surface area contributed by atoms with Crippen LogP contribution in [0.15, 0.2) is 60.9 Å². The van der Waals surface area contributed by atoms with Crippen molar-refractivity contribution in [2.24, 2.45) is 0 Å². The van der Waals surface area contributed by atoms with Crippen LogP contribution in [0.1, 0.15) is 41.9 Å². The highest BCUT2D eigenvalue weighted by Gasteiger charge is 2.42. The molecule has 4 heterocycles. The second-order valence-corrected chi connectivity index (χ2v) is 8.54. The summed E-state index contributed by atoms with van der Waals surface area (Å²) in [5.41, 5.74) is 3.50. The van der Waals surface area contributed by atoms with Crippen LogP contribution in [0.5, 0.6) is 0 Å². The highest BCUT2D eigenvalue weighted by atomic mass is 32.1. The highest BCUT2D eigenvalue weighted by molar-refractivity contribution is 7.80. The molecule has 0 saturated carbocycles. The van der Waals surface area contributed by atoms with E-state index in [4.69, 9.17) is 17.0 Å². The predicted octanol–water partition coefficient (Wildman–Crippen LogP) is 4.69. The van der Waals surface area contributed by atoms with Gasteiger partial charge in [0.1, 0.15) is 11.9 Å². The van der Waals surface area contributed by atoms with E-state index in [0.29, 0.717) is 10.7 Å². The van der Waals surface area contributed by atoms with Crippen LogP contribution < -0.4 is 10.2 Å². The third kappa shape index (κ3) is 3.83. The van der Waals surface area contributed by atoms with Crippen molar-refractivity contribution in [3.63, 3.8) is 0 Å². The molecule has 0 bridgehead atoms. The number of nitrogens with zero attached hydrogens (tertiary/aromatic N) is 3. The normalized spacial score (nSPS) is 23.4. The van der Waals surface area contributed by atoms with Gasteiger partial charge in [-0.15, -0.1) is 0 Å². The molecule has 2 aliphatic rings. The fourth-order valence-electron chi connectivity index (χ4n) is 4.58. The molecule has 5 nitrogen and oxygen atoms in total. The van der Waals surface area contributed by atoms with Gasteiger partial charge in [-0.3, -0.25) is 4.98 Å². The number of benzene rings is 1. The van der Waals surface area contributed by atoms with E-state index in [1.165, 1.54) is 6.07 Å². The number of rotatable bonds is 5. The van der Waals surface area contributed by atoms with Gasteiger partial charge in [-0.1, -0.05) is 6.07 Å². The lowest BCUT2D eigenvalue weighted by atomic mass is 10.0. The Bertz CT molecular complexity index is 1080. The molecule has 1 aromatic carbocycles. The van der Waals surface area contributed by atoms with Crippen LogP contribution in [0.3, 0.4) is 0 Å². The third-order valence-corrected chi connectivity index (χ3v) is 6.42. The van der Waals surface area contributed by atoms with E-state index < -0.39 is 0 Å². The van der Waals surface area contributed by atoms with Crippen molar-refractivity contribution in [2.45, 2.75) is 44.5 Å². The van der Waals surface area contributed by atoms with E-state index in [-0.39, 0.29) is 24.0 Å². The summed E-state index contributed by atoms with van der Waals surface area (Å²) in [4.78, 5) is 6.69. The first-order chi connectivity index (χ1) is 15.1. The molecule has 1 N–H and O–H groups in total. The van der Waals surface area contributed by atoms with Gasteiger partial charge in [0.05, 0.1) is 17.8 Å². The van der Waals surface area contributed by atoms with Crippen molar-refractivity contribution >= 4 is 23.0 Å². The highest BCUT2D eigenvalue weighted by Crippen LogP contribution is 2.42. The molecule has 3 atom stereocenters. The van der Waals surface area contributed by atoms with E-state index in [1.807, 2.05) is 24.3 Å². The molecular weight excluding hydrogens is 411 g/mol. The fourth-order valence-corrected chi connectivity index (χ4v) is 4.93. The largest absolute Gasteiger partial charge is 0.376 e. The van der Waals surface area contributed by atoms with E-state index in [0.717, 1.165) is 43.1 Å². The summed E-state index contributed by atoms with van der Waals surface area (Å²) >= 11 is 5.77. The molecule has 7 heteroatoms. The van der Waals surface area contributed by atoms with Crippen LogP contribution >= 0.6 is 12.2 Å². The first-order valence-electron chi connectivity index (χ1n) is 10.7. The van der Waals surface area contributed by atoms with Crippen LogP contribution in [0, 0.1) is 12.7 Å². The topological polar surface area (TPSA) is 42.3 Å². The maximum atomic E-state index is 14.0. The van der Waals surface area contributed by atoms with Gasteiger partial charge >= 0.3 is 0 Å². The maximum absolute atomic E-state index is 14.0.